The molecule has 4 aliphatic rings. The Bertz CT molecular complexity index is 922. The molecule has 1 aromatic carbocycles. The number of thiazole rings is 1. The SMILES string of the molecule is Cc1ccc(-c2csc(NC(=O)CC34CC5CC(CC(Br)(C5)C3)C4)n2)cc1C. The van der Waals surface area contributed by atoms with E-state index in [1.807, 2.05) is 5.38 Å². The summed E-state index contributed by atoms with van der Waals surface area (Å²) in [6.45, 7) is 4.24. The van der Waals surface area contributed by atoms with Crippen molar-refractivity contribution in [3.63, 3.8) is 0 Å². The van der Waals surface area contributed by atoms with E-state index in [4.69, 9.17) is 0 Å². The van der Waals surface area contributed by atoms with Gasteiger partial charge in [-0.05, 0) is 86.8 Å². The third-order valence-corrected chi connectivity index (χ3v) is 8.89. The molecule has 0 saturated heterocycles. The molecule has 4 aliphatic carbocycles. The van der Waals surface area contributed by atoms with Crippen molar-refractivity contribution in [2.45, 2.75) is 63.1 Å². The van der Waals surface area contributed by atoms with Crippen molar-refractivity contribution in [2.75, 3.05) is 5.32 Å². The molecule has 1 N–H and O–H groups in total. The summed E-state index contributed by atoms with van der Waals surface area (Å²) >= 11 is 5.57. The molecule has 4 fully saturated rings. The number of anilines is 1. The lowest BCUT2D eigenvalue weighted by molar-refractivity contribution is -0.123. The highest BCUT2D eigenvalue weighted by molar-refractivity contribution is 9.10. The van der Waals surface area contributed by atoms with Crippen molar-refractivity contribution in [3.05, 3.63) is 34.7 Å². The predicted octanol–water partition coefficient (Wildman–Crippen LogP) is 6.49. The lowest BCUT2D eigenvalue weighted by atomic mass is 9.48. The molecule has 28 heavy (non-hydrogen) atoms. The molecule has 1 heterocycles. The second-order valence-corrected chi connectivity index (χ2v) is 12.2. The van der Waals surface area contributed by atoms with Gasteiger partial charge < -0.3 is 5.32 Å². The number of hydrogen-bond acceptors (Lipinski definition) is 3. The minimum absolute atomic E-state index is 0.138. The molecule has 0 aliphatic heterocycles. The highest BCUT2D eigenvalue weighted by atomic mass is 79.9. The molecule has 4 saturated carbocycles. The molecule has 6 rings (SSSR count). The van der Waals surface area contributed by atoms with Crippen LogP contribution >= 0.6 is 27.3 Å². The van der Waals surface area contributed by atoms with Crippen LogP contribution in [-0.2, 0) is 4.79 Å². The summed E-state index contributed by atoms with van der Waals surface area (Å²) in [7, 11) is 0. The fraction of sp³-hybridized carbons (Fsp3) is 0.565. The van der Waals surface area contributed by atoms with E-state index in [0.717, 1.165) is 34.6 Å². The Morgan fingerprint density at radius 3 is 2.64 bits per heavy atom. The Morgan fingerprint density at radius 1 is 1.21 bits per heavy atom. The van der Waals surface area contributed by atoms with E-state index in [9.17, 15) is 4.79 Å². The normalized spacial score (nSPS) is 33.2. The van der Waals surface area contributed by atoms with Crippen LogP contribution < -0.4 is 5.32 Å². The van der Waals surface area contributed by atoms with E-state index in [1.54, 1.807) is 0 Å². The zero-order valence-electron chi connectivity index (χ0n) is 16.6. The third kappa shape index (κ3) is 3.45. The molecule has 4 bridgehead atoms. The summed E-state index contributed by atoms with van der Waals surface area (Å²) in [6.07, 6.45) is 8.25. The molecule has 2 atom stereocenters. The number of carbonyl (C=O) groups is 1. The van der Waals surface area contributed by atoms with Gasteiger partial charge in [0, 0.05) is 21.7 Å². The number of aryl methyl sites for hydroxylation is 2. The van der Waals surface area contributed by atoms with E-state index in [2.05, 4.69) is 58.3 Å². The molecule has 0 spiro atoms. The number of hydrogen-bond donors (Lipinski definition) is 1. The molecule has 1 amide bonds. The summed E-state index contributed by atoms with van der Waals surface area (Å²) in [4.78, 5) is 17.6. The largest absolute Gasteiger partial charge is 0.302 e. The fourth-order valence-corrected chi connectivity index (χ4v) is 8.66. The number of alkyl halides is 1. The van der Waals surface area contributed by atoms with E-state index in [-0.39, 0.29) is 11.3 Å². The van der Waals surface area contributed by atoms with Crippen LogP contribution in [0.4, 0.5) is 5.13 Å². The fourth-order valence-electron chi connectivity index (χ4n) is 6.41. The van der Waals surface area contributed by atoms with Crippen molar-refractivity contribution in [1.29, 1.82) is 0 Å². The Hall–Kier alpha value is -1.20. The Morgan fingerprint density at radius 2 is 1.96 bits per heavy atom. The minimum atomic E-state index is 0.138. The van der Waals surface area contributed by atoms with E-state index < -0.39 is 0 Å². The maximum atomic E-state index is 12.9. The maximum absolute atomic E-state index is 12.9. The van der Waals surface area contributed by atoms with Crippen molar-refractivity contribution in [1.82, 2.24) is 4.98 Å². The average molecular weight is 459 g/mol. The van der Waals surface area contributed by atoms with Crippen LogP contribution in [0, 0.1) is 31.1 Å². The summed E-state index contributed by atoms with van der Waals surface area (Å²) in [6, 6.07) is 6.40. The molecular formula is C23H27BrN2OS. The van der Waals surface area contributed by atoms with Crippen LogP contribution in [-0.4, -0.2) is 15.2 Å². The highest BCUT2D eigenvalue weighted by Crippen LogP contribution is 2.65. The monoisotopic (exact) mass is 458 g/mol. The number of halogens is 1. The third-order valence-electron chi connectivity index (χ3n) is 7.20. The molecule has 5 heteroatoms. The Balaban J connectivity index is 1.28. The first-order valence-electron chi connectivity index (χ1n) is 10.3. The first kappa shape index (κ1) is 18.8. The molecule has 3 nitrogen and oxygen atoms in total. The van der Waals surface area contributed by atoms with Gasteiger partial charge >= 0.3 is 0 Å². The standard InChI is InChI=1S/C23H27BrN2OS/c1-14-3-4-18(5-15(14)2)19-12-28-21(25-19)26-20(27)11-22-7-16-6-17(8-22)10-23(24,9-16)13-22/h3-5,12,16-17H,6-11,13H2,1-2H3,(H,25,26,27). The van der Waals surface area contributed by atoms with Crippen LogP contribution in [0.1, 0.15) is 56.1 Å². The Kier molecular flexibility index (Phi) is 4.48. The second kappa shape index (κ2) is 6.66. The molecular weight excluding hydrogens is 432 g/mol. The first-order chi connectivity index (χ1) is 13.3. The highest BCUT2D eigenvalue weighted by Gasteiger charge is 2.57. The van der Waals surface area contributed by atoms with Crippen molar-refractivity contribution < 1.29 is 4.79 Å². The van der Waals surface area contributed by atoms with Crippen LogP contribution in [0.25, 0.3) is 11.3 Å². The molecule has 148 valence electrons. The topological polar surface area (TPSA) is 42.0 Å². The minimum Gasteiger partial charge on any atom is -0.302 e. The van der Waals surface area contributed by atoms with Gasteiger partial charge in [0.2, 0.25) is 5.91 Å². The number of rotatable bonds is 4. The average Bonchev–Trinajstić information content (AvgIpc) is 3.02. The summed E-state index contributed by atoms with van der Waals surface area (Å²) in [5.74, 6) is 1.76. The van der Waals surface area contributed by atoms with Gasteiger partial charge in [-0.1, -0.05) is 28.1 Å². The van der Waals surface area contributed by atoms with Gasteiger partial charge in [0.05, 0.1) is 5.69 Å². The maximum Gasteiger partial charge on any atom is 0.226 e. The molecule has 1 aromatic heterocycles. The number of nitrogens with zero attached hydrogens (tertiary/aromatic N) is 1. The van der Waals surface area contributed by atoms with E-state index >= 15 is 0 Å². The van der Waals surface area contributed by atoms with Crippen LogP contribution in [0.5, 0.6) is 0 Å². The smallest absolute Gasteiger partial charge is 0.226 e. The van der Waals surface area contributed by atoms with Gasteiger partial charge in [-0.25, -0.2) is 4.98 Å². The summed E-state index contributed by atoms with van der Waals surface area (Å²) in [5, 5.41) is 5.86. The zero-order chi connectivity index (χ0) is 19.5. The van der Waals surface area contributed by atoms with E-state index in [1.165, 1.54) is 54.6 Å². The zero-order valence-corrected chi connectivity index (χ0v) is 19.0. The lowest BCUT2D eigenvalue weighted by Crippen LogP contribution is -2.53. The number of aromatic nitrogens is 1. The van der Waals surface area contributed by atoms with Gasteiger partial charge in [-0.2, -0.15) is 0 Å². The predicted molar refractivity (Wildman–Crippen MR) is 119 cm³/mol. The second-order valence-electron chi connectivity index (χ2n) is 9.67. The van der Waals surface area contributed by atoms with Gasteiger partial charge in [0.25, 0.3) is 0 Å². The number of benzene rings is 1. The van der Waals surface area contributed by atoms with Crippen molar-refractivity contribution in [2.24, 2.45) is 17.3 Å². The van der Waals surface area contributed by atoms with Crippen LogP contribution in [0.3, 0.4) is 0 Å². The number of carbonyl (C=O) groups excluding carboxylic acids is 1. The molecule has 2 unspecified atom stereocenters. The van der Waals surface area contributed by atoms with Crippen molar-refractivity contribution in [3.8, 4) is 11.3 Å². The summed E-state index contributed by atoms with van der Waals surface area (Å²) < 4.78 is 0.301. The number of nitrogens with one attached hydrogen (secondary N) is 1. The van der Waals surface area contributed by atoms with E-state index in [0.29, 0.717) is 10.7 Å². The summed E-state index contributed by atoms with van der Waals surface area (Å²) in [5.41, 5.74) is 4.81. The molecule has 0 radical (unpaired) electrons. The lowest BCUT2D eigenvalue weighted by Gasteiger charge is -2.60. The Labute approximate surface area is 179 Å². The van der Waals surface area contributed by atoms with Gasteiger partial charge in [-0.3, -0.25) is 4.79 Å². The van der Waals surface area contributed by atoms with Gasteiger partial charge in [0.15, 0.2) is 5.13 Å². The van der Waals surface area contributed by atoms with Crippen LogP contribution in [0.15, 0.2) is 23.6 Å². The van der Waals surface area contributed by atoms with Gasteiger partial charge in [0.1, 0.15) is 0 Å². The molecule has 2 aromatic rings. The van der Waals surface area contributed by atoms with Crippen molar-refractivity contribution >= 4 is 38.3 Å². The first-order valence-corrected chi connectivity index (χ1v) is 12.0. The van der Waals surface area contributed by atoms with Gasteiger partial charge in [-0.15, -0.1) is 11.3 Å². The quantitative estimate of drug-likeness (QED) is 0.531. The van der Waals surface area contributed by atoms with Crippen LogP contribution in [0.2, 0.25) is 0 Å². The number of amides is 1.